The van der Waals surface area contributed by atoms with Gasteiger partial charge in [-0.3, -0.25) is 14.7 Å². The van der Waals surface area contributed by atoms with Gasteiger partial charge in [-0.2, -0.15) is 5.10 Å². The van der Waals surface area contributed by atoms with E-state index in [4.69, 9.17) is 9.72 Å². The molecule has 0 unspecified atom stereocenters. The van der Waals surface area contributed by atoms with E-state index in [-0.39, 0.29) is 17.5 Å². The van der Waals surface area contributed by atoms with Crippen molar-refractivity contribution >= 4 is 22.1 Å². The fraction of sp³-hybridized carbons (Fsp3) is 0.435. The predicted octanol–water partition coefficient (Wildman–Crippen LogP) is 2.89. The van der Waals surface area contributed by atoms with Crippen molar-refractivity contribution in [2.45, 2.75) is 39.3 Å². The lowest BCUT2D eigenvalue weighted by Gasteiger charge is -2.17. The highest BCUT2D eigenvalue weighted by Crippen LogP contribution is 2.32. The topological polar surface area (TPSA) is 102 Å². The Kier molecular flexibility index (Phi) is 5.13. The van der Waals surface area contributed by atoms with Crippen LogP contribution < -0.4 is 10.3 Å². The summed E-state index contributed by atoms with van der Waals surface area (Å²) >= 11 is 0. The second-order valence-electron chi connectivity index (χ2n) is 8.84. The molecule has 1 N–H and O–H groups in total. The number of methoxy groups -OCH3 is 1. The zero-order valence-corrected chi connectivity index (χ0v) is 18.7. The van der Waals surface area contributed by atoms with Crippen LogP contribution in [0.2, 0.25) is 0 Å². The maximum atomic E-state index is 12.7. The largest absolute Gasteiger partial charge is 0.481 e. The third-order valence-electron chi connectivity index (χ3n) is 6.26. The van der Waals surface area contributed by atoms with Crippen LogP contribution in [0, 0.1) is 5.92 Å². The minimum atomic E-state index is -0.126. The van der Waals surface area contributed by atoms with E-state index in [1.54, 1.807) is 13.3 Å². The average molecular weight is 434 g/mol. The maximum Gasteiger partial charge on any atom is 0.262 e. The molecule has 1 saturated heterocycles. The third kappa shape index (κ3) is 3.52. The number of nitrogens with zero attached hydrogens (tertiary/aromatic N) is 6. The summed E-state index contributed by atoms with van der Waals surface area (Å²) < 4.78 is 7.12. The minimum Gasteiger partial charge on any atom is -0.481 e. The van der Waals surface area contributed by atoms with Crippen LogP contribution in [0.25, 0.3) is 22.1 Å². The molecule has 4 aromatic rings. The number of aromatic amines is 1. The van der Waals surface area contributed by atoms with Crippen LogP contribution in [0.1, 0.15) is 44.1 Å². The van der Waals surface area contributed by atoms with Crippen molar-refractivity contribution in [3.05, 3.63) is 52.3 Å². The van der Waals surface area contributed by atoms with Crippen LogP contribution in [0.4, 0.5) is 0 Å². The second-order valence-corrected chi connectivity index (χ2v) is 8.84. The van der Waals surface area contributed by atoms with Gasteiger partial charge in [0, 0.05) is 43.9 Å². The Hall–Kier alpha value is -3.33. The number of likely N-dealkylation sites (tertiary alicyclic amines) is 1. The molecule has 0 bridgehead atoms. The first-order valence-electron chi connectivity index (χ1n) is 10.9. The SMILES string of the molecule is COc1ccc2nccc(CN3C[C@@H](C)[C@H](c4nc5c(cnn5C(C)C)c(=O)[nH]4)C3)c2n1. The van der Waals surface area contributed by atoms with Gasteiger partial charge in [0.2, 0.25) is 5.88 Å². The van der Waals surface area contributed by atoms with Crippen LogP contribution in [0.15, 0.2) is 35.4 Å². The van der Waals surface area contributed by atoms with E-state index in [0.717, 1.165) is 42.1 Å². The molecule has 1 aliphatic rings. The highest BCUT2D eigenvalue weighted by molar-refractivity contribution is 5.78. The number of H-pyrrole nitrogens is 1. The van der Waals surface area contributed by atoms with Crippen LogP contribution in [0.3, 0.4) is 0 Å². The molecule has 166 valence electrons. The third-order valence-corrected chi connectivity index (χ3v) is 6.26. The first kappa shape index (κ1) is 20.6. The zero-order valence-electron chi connectivity index (χ0n) is 18.7. The van der Waals surface area contributed by atoms with Gasteiger partial charge in [-0.15, -0.1) is 0 Å². The van der Waals surface area contributed by atoms with E-state index in [2.05, 4.69) is 31.9 Å². The van der Waals surface area contributed by atoms with E-state index >= 15 is 0 Å². The Labute approximate surface area is 185 Å². The number of hydrogen-bond donors (Lipinski definition) is 1. The summed E-state index contributed by atoms with van der Waals surface area (Å²) in [5.41, 5.74) is 3.35. The number of hydrogen-bond acceptors (Lipinski definition) is 7. The number of ether oxygens (including phenoxy) is 1. The molecule has 2 atom stereocenters. The Morgan fingerprint density at radius 1 is 1.22 bits per heavy atom. The van der Waals surface area contributed by atoms with E-state index in [1.807, 2.05) is 42.9 Å². The molecule has 9 nitrogen and oxygen atoms in total. The summed E-state index contributed by atoms with van der Waals surface area (Å²) in [6.07, 6.45) is 3.42. The summed E-state index contributed by atoms with van der Waals surface area (Å²) in [4.78, 5) is 32.0. The van der Waals surface area contributed by atoms with E-state index < -0.39 is 0 Å². The standard InChI is InChI=1S/C23H27N7O2/c1-13(2)30-22-16(9-25-30)23(31)28-21(27-22)17-12-29(10-14(17)3)11-15-7-8-24-18-5-6-19(32-4)26-20(15)18/h5-9,13-14,17H,10-12H2,1-4H3,(H,27,28,31)/t14-,17-/m1/s1. The highest BCUT2D eigenvalue weighted by atomic mass is 16.5. The Bertz CT molecular complexity index is 1340. The summed E-state index contributed by atoms with van der Waals surface area (Å²) in [7, 11) is 1.62. The molecule has 1 fully saturated rings. The number of rotatable bonds is 5. The number of pyridine rings is 2. The first-order chi connectivity index (χ1) is 15.4. The average Bonchev–Trinajstić information content (AvgIpc) is 3.37. The highest BCUT2D eigenvalue weighted by Gasteiger charge is 2.33. The Balaban J connectivity index is 1.44. The summed E-state index contributed by atoms with van der Waals surface area (Å²) in [6, 6.07) is 5.91. The molecule has 0 aliphatic carbocycles. The molecular formula is C23H27N7O2. The van der Waals surface area contributed by atoms with Crippen LogP contribution in [-0.4, -0.2) is 54.8 Å². The molecule has 0 radical (unpaired) electrons. The molecule has 0 amide bonds. The van der Waals surface area contributed by atoms with Gasteiger partial charge in [0.1, 0.15) is 11.2 Å². The van der Waals surface area contributed by atoms with Crippen molar-refractivity contribution in [3.8, 4) is 5.88 Å². The molecule has 5 heterocycles. The van der Waals surface area contributed by atoms with Crippen molar-refractivity contribution in [2.24, 2.45) is 5.92 Å². The fourth-order valence-electron chi connectivity index (χ4n) is 4.60. The molecular weight excluding hydrogens is 406 g/mol. The first-order valence-corrected chi connectivity index (χ1v) is 10.9. The zero-order chi connectivity index (χ0) is 22.4. The number of nitrogens with one attached hydrogen (secondary N) is 1. The lowest BCUT2D eigenvalue weighted by Crippen LogP contribution is -2.22. The summed E-state index contributed by atoms with van der Waals surface area (Å²) in [5, 5.41) is 4.89. The van der Waals surface area contributed by atoms with Gasteiger partial charge >= 0.3 is 0 Å². The van der Waals surface area contributed by atoms with Gasteiger partial charge in [0.15, 0.2) is 5.65 Å². The van der Waals surface area contributed by atoms with Crippen molar-refractivity contribution in [1.82, 2.24) is 34.6 Å². The smallest absolute Gasteiger partial charge is 0.262 e. The minimum absolute atomic E-state index is 0.126. The lowest BCUT2D eigenvalue weighted by molar-refractivity contribution is 0.319. The maximum absolute atomic E-state index is 12.7. The molecule has 1 aliphatic heterocycles. The van der Waals surface area contributed by atoms with Crippen molar-refractivity contribution < 1.29 is 4.74 Å². The molecule has 9 heteroatoms. The Morgan fingerprint density at radius 3 is 2.84 bits per heavy atom. The molecule has 4 aromatic heterocycles. The quantitative estimate of drug-likeness (QED) is 0.516. The summed E-state index contributed by atoms with van der Waals surface area (Å²) in [6.45, 7) is 8.74. The molecule has 0 saturated carbocycles. The predicted molar refractivity (Wildman–Crippen MR) is 122 cm³/mol. The molecule has 0 aromatic carbocycles. The summed E-state index contributed by atoms with van der Waals surface area (Å²) in [5.74, 6) is 1.80. The molecule has 32 heavy (non-hydrogen) atoms. The number of aromatic nitrogens is 6. The van der Waals surface area contributed by atoms with Gasteiger partial charge in [-0.1, -0.05) is 6.92 Å². The van der Waals surface area contributed by atoms with Crippen LogP contribution >= 0.6 is 0 Å². The van der Waals surface area contributed by atoms with Gasteiger partial charge in [-0.05, 0) is 37.5 Å². The van der Waals surface area contributed by atoms with Gasteiger partial charge in [0.05, 0.1) is 24.3 Å². The van der Waals surface area contributed by atoms with Crippen LogP contribution in [0.5, 0.6) is 5.88 Å². The van der Waals surface area contributed by atoms with E-state index in [9.17, 15) is 4.79 Å². The normalized spacial score (nSPS) is 19.4. The molecule has 0 spiro atoms. The van der Waals surface area contributed by atoms with Gasteiger partial charge in [-0.25, -0.2) is 14.6 Å². The Morgan fingerprint density at radius 2 is 2.06 bits per heavy atom. The van der Waals surface area contributed by atoms with Crippen LogP contribution in [-0.2, 0) is 6.54 Å². The fourth-order valence-corrected chi connectivity index (χ4v) is 4.60. The number of fused-ring (bicyclic) bond motifs is 2. The van der Waals surface area contributed by atoms with Crippen molar-refractivity contribution in [1.29, 1.82) is 0 Å². The van der Waals surface area contributed by atoms with Gasteiger partial charge in [0.25, 0.3) is 5.56 Å². The monoisotopic (exact) mass is 433 g/mol. The lowest BCUT2D eigenvalue weighted by atomic mass is 9.97. The van der Waals surface area contributed by atoms with E-state index in [1.165, 1.54) is 0 Å². The van der Waals surface area contributed by atoms with Crippen molar-refractivity contribution in [2.75, 3.05) is 20.2 Å². The van der Waals surface area contributed by atoms with Crippen molar-refractivity contribution in [3.63, 3.8) is 0 Å². The second kappa shape index (κ2) is 7.98. The van der Waals surface area contributed by atoms with E-state index in [0.29, 0.717) is 22.8 Å². The molecule has 5 rings (SSSR count). The van der Waals surface area contributed by atoms with Gasteiger partial charge < -0.3 is 9.72 Å².